The zero-order valence-corrected chi connectivity index (χ0v) is 13.3. The van der Waals surface area contributed by atoms with Crippen LogP contribution in [0.1, 0.15) is 31.3 Å². The molecule has 0 unspecified atom stereocenters. The van der Waals surface area contributed by atoms with Gasteiger partial charge in [0.2, 0.25) is 0 Å². The minimum atomic E-state index is -4.78. The Balaban J connectivity index is 1.83. The molecule has 2 rings (SSSR count). The molecule has 8 heteroatoms. The number of amides is 1. The van der Waals surface area contributed by atoms with Gasteiger partial charge in [-0.2, -0.15) is 13.2 Å². The van der Waals surface area contributed by atoms with Crippen molar-refractivity contribution in [2.24, 2.45) is 5.92 Å². The molecule has 1 aliphatic rings. The molecule has 0 atom stereocenters. The number of hydrogen-bond acceptors (Lipinski definition) is 4. The summed E-state index contributed by atoms with van der Waals surface area (Å²) >= 11 is 0. The highest BCUT2D eigenvalue weighted by Gasteiger charge is 2.43. The van der Waals surface area contributed by atoms with E-state index in [0.717, 1.165) is 22.8 Å². The summed E-state index contributed by atoms with van der Waals surface area (Å²) in [6.45, 7) is 4.76. The van der Waals surface area contributed by atoms with Crippen molar-refractivity contribution < 1.29 is 18.0 Å². The summed E-state index contributed by atoms with van der Waals surface area (Å²) < 4.78 is 37.2. The van der Waals surface area contributed by atoms with Crippen LogP contribution in [0.2, 0.25) is 0 Å². The maximum absolute atomic E-state index is 12.4. The van der Waals surface area contributed by atoms with E-state index in [4.69, 9.17) is 0 Å². The standard InChI is InChI=1S/C15H21F3N4O/c1-3-12-8-13(21-10(2)20-12)19-9-11-4-6-22(7-5-11)14(23)15(16,17)18/h8,11H,3-7,9H2,1-2H3,(H,19,20,21). The van der Waals surface area contributed by atoms with Crippen molar-refractivity contribution in [3.05, 3.63) is 17.6 Å². The third-order valence-corrected chi connectivity index (χ3v) is 3.97. The van der Waals surface area contributed by atoms with Crippen LogP contribution in [0, 0.1) is 12.8 Å². The molecule has 2 heterocycles. The van der Waals surface area contributed by atoms with E-state index < -0.39 is 12.1 Å². The number of carbonyl (C=O) groups excluding carboxylic acids is 1. The van der Waals surface area contributed by atoms with E-state index in [-0.39, 0.29) is 19.0 Å². The van der Waals surface area contributed by atoms with Crippen molar-refractivity contribution in [2.75, 3.05) is 25.0 Å². The first-order valence-electron chi connectivity index (χ1n) is 7.74. The van der Waals surface area contributed by atoms with Crippen molar-refractivity contribution >= 4 is 11.7 Å². The van der Waals surface area contributed by atoms with Gasteiger partial charge in [0, 0.05) is 31.4 Å². The predicted molar refractivity (Wildman–Crippen MR) is 80.0 cm³/mol. The van der Waals surface area contributed by atoms with E-state index in [2.05, 4.69) is 15.3 Å². The van der Waals surface area contributed by atoms with Gasteiger partial charge in [-0.25, -0.2) is 9.97 Å². The van der Waals surface area contributed by atoms with Crippen LogP contribution in [0.15, 0.2) is 6.07 Å². The highest BCUT2D eigenvalue weighted by molar-refractivity contribution is 5.81. The lowest BCUT2D eigenvalue weighted by Gasteiger charge is -2.32. The zero-order valence-electron chi connectivity index (χ0n) is 13.3. The van der Waals surface area contributed by atoms with E-state index >= 15 is 0 Å². The number of carbonyl (C=O) groups is 1. The van der Waals surface area contributed by atoms with E-state index in [9.17, 15) is 18.0 Å². The van der Waals surface area contributed by atoms with E-state index in [1.54, 1.807) is 0 Å². The van der Waals surface area contributed by atoms with Crippen LogP contribution in [-0.2, 0) is 11.2 Å². The minimum Gasteiger partial charge on any atom is -0.370 e. The van der Waals surface area contributed by atoms with Crippen LogP contribution >= 0.6 is 0 Å². The summed E-state index contributed by atoms with van der Waals surface area (Å²) in [6, 6.07) is 1.88. The van der Waals surface area contributed by atoms with Gasteiger partial charge in [0.15, 0.2) is 0 Å². The van der Waals surface area contributed by atoms with Crippen molar-refractivity contribution in [2.45, 2.75) is 39.3 Å². The lowest BCUT2D eigenvalue weighted by molar-refractivity contribution is -0.186. The highest BCUT2D eigenvalue weighted by Crippen LogP contribution is 2.24. The molecule has 0 spiro atoms. The third-order valence-electron chi connectivity index (χ3n) is 3.97. The number of aromatic nitrogens is 2. The predicted octanol–water partition coefficient (Wildman–Crippen LogP) is 2.56. The van der Waals surface area contributed by atoms with Gasteiger partial charge in [0.1, 0.15) is 11.6 Å². The average Bonchev–Trinajstić information content (AvgIpc) is 2.51. The Morgan fingerprint density at radius 1 is 1.35 bits per heavy atom. The van der Waals surface area contributed by atoms with Crippen molar-refractivity contribution in [3.63, 3.8) is 0 Å². The molecule has 0 saturated carbocycles. The van der Waals surface area contributed by atoms with Gasteiger partial charge in [0.25, 0.3) is 0 Å². The number of halogens is 3. The summed E-state index contributed by atoms with van der Waals surface area (Å²) in [5.74, 6) is -0.0730. The molecule has 0 aliphatic carbocycles. The Labute approximate surface area is 133 Å². The second-order valence-corrected chi connectivity index (χ2v) is 5.76. The first-order chi connectivity index (χ1) is 10.8. The van der Waals surface area contributed by atoms with Gasteiger partial charge in [-0.05, 0) is 32.1 Å². The number of hydrogen-bond donors (Lipinski definition) is 1. The van der Waals surface area contributed by atoms with Crippen LogP contribution in [0.3, 0.4) is 0 Å². The monoisotopic (exact) mass is 330 g/mol. The van der Waals surface area contributed by atoms with Crippen molar-refractivity contribution in [1.29, 1.82) is 0 Å². The summed E-state index contributed by atoms with van der Waals surface area (Å²) in [5, 5.41) is 3.23. The number of aryl methyl sites for hydroxylation is 2. The molecule has 1 fully saturated rings. The van der Waals surface area contributed by atoms with Gasteiger partial charge in [-0.15, -0.1) is 0 Å². The van der Waals surface area contributed by atoms with Crippen LogP contribution in [0.25, 0.3) is 0 Å². The molecule has 0 radical (unpaired) electrons. The molecule has 0 aromatic carbocycles. The lowest BCUT2D eigenvalue weighted by atomic mass is 9.96. The summed E-state index contributed by atoms with van der Waals surface area (Å²) in [5.41, 5.74) is 0.950. The molecule has 1 aromatic rings. The Morgan fingerprint density at radius 2 is 2.00 bits per heavy atom. The van der Waals surface area contributed by atoms with E-state index in [0.29, 0.717) is 25.2 Å². The van der Waals surface area contributed by atoms with Crippen LogP contribution in [0.4, 0.5) is 19.0 Å². The normalized spacial score (nSPS) is 16.5. The third kappa shape index (κ3) is 4.80. The first-order valence-corrected chi connectivity index (χ1v) is 7.74. The fourth-order valence-electron chi connectivity index (χ4n) is 2.67. The van der Waals surface area contributed by atoms with E-state index in [1.165, 1.54) is 0 Å². The molecule has 23 heavy (non-hydrogen) atoms. The zero-order chi connectivity index (χ0) is 17.0. The number of anilines is 1. The van der Waals surface area contributed by atoms with Gasteiger partial charge in [-0.3, -0.25) is 4.79 Å². The SMILES string of the molecule is CCc1cc(NCC2CCN(C(=O)C(F)(F)F)CC2)nc(C)n1. The number of nitrogens with zero attached hydrogens (tertiary/aromatic N) is 3. The van der Waals surface area contributed by atoms with Crippen molar-refractivity contribution in [3.8, 4) is 0 Å². The number of rotatable bonds is 4. The number of likely N-dealkylation sites (tertiary alicyclic amines) is 1. The van der Waals surface area contributed by atoms with Gasteiger partial charge >= 0.3 is 12.1 Å². The highest BCUT2D eigenvalue weighted by atomic mass is 19.4. The lowest BCUT2D eigenvalue weighted by Crippen LogP contribution is -2.46. The second kappa shape index (κ2) is 7.14. The number of nitrogens with one attached hydrogen (secondary N) is 1. The van der Waals surface area contributed by atoms with Gasteiger partial charge in [0.05, 0.1) is 0 Å². The Hall–Kier alpha value is -1.86. The molecular formula is C15H21F3N4O. The Kier molecular flexibility index (Phi) is 5.43. The number of piperidine rings is 1. The Morgan fingerprint density at radius 3 is 2.57 bits per heavy atom. The summed E-state index contributed by atoms with van der Waals surface area (Å²) in [4.78, 5) is 20.7. The molecule has 5 nitrogen and oxygen atoms in total. The smallest absolute Gasteiger partial charge is 0.370 e. The summed E-state index contributed by atoms with van der Waals surface area (Å²) in [7, 11) is 0. The molecule has 128 valence electrons. The fraction of sp³-hybridized carbons (Fsp3) is 0.667. The van der Waals surface area contributed by atoms with Crippen molar-refractivity contribution in [1.82, 2.24) is 14.9 Å². The average molecular weight is 330 g/mol. The van der Waals surface area contributed by atoms with Crippen LogP contribution in [0.5, 0.6) is 0 Å². The van der Waals surface area contributed by atoms with E-state index in [1.807, 2.05) is 19.9 Å². The maximum Gasteiger partial charge on any atom is 0.471 e. The van der Waals surface area contributed by atoms with Crippen LogP contribution < -0.4 is 5.32 Å². The molecular weight excluding hydrogens is 309 g/mol. The van der Waals surface area contributed by atoms with Crippen LogP contribution in [-0.4, -0.2) is 46.6 Å². The van der Waals surface area contributed by atoms with Gasteiger partial charge in [-0.1, -0.05) is 6.92 Å². The number of alkyl halides is 3. The molecule has 0 bridgehead atoms. The molecule has 1 aromatic heterocycles. The van der Waals surface area contributed by atoms with Gasteiger partial charge < -0.3 is 10.2 Å². The minimum absolute atomic E-state index is 0.147. The largest absolute Gasteiger partial charge is 0.471 e. The molecule has 1 amide bonds. The molecule has 1 saturated heterocycles. The second-order valence-electron chi connectivity index (χ2n) is 5.76. The summed E-state index contributed by atoms with van der Waals surface area (Å²) in [6.07, 6.45) is -2.85. The Bertz CT molecular complexity index is 554. The maximum atomic E-state index is 12.4. The first kappa shape index (κ1) is 17.5. The fourth-order valence-corrected chi connectivity index (χ4v) is 2.67. The molecule has 1 aliphatic heterocycles. The topological polar surface area (TPSA) is 58.1 Å². The molecule has 1 N–H and O–H groups in total. The quantitative estimate of drug-likeness (QED) is 0.922.